The Bertz CT molecular complexity index is 492. The van der Waals surface area contributed by atoms with Gasteiger partial charge in [-0.2, -0.15) is 0 Å². The van der Waals surface area contributed by atoms with E-state index in [0.717, 1.165) is 25.7 Å². The Morgan fingerprint density at radius 2 is 1.82 bits per heavy atom. The van der Waals surface area contributed by atoms with Crippen LogP contribution in [0, 0.1) is 0 Å². The lowest BCUT2D eigenvalue weighted by molar-refractivity contribution is -0.0716. The van der Waals surface area contributed by atoms with Crippen molar-refractivity contribution in [2.75, 3.05) is 5.73 Å². The Hall–Kier alpha value is -1.91. The van der Waals surface area contributed by atoms with Crippen LogP contribution in [0.2, 0.25) is 0 Å². The number of hydrogen-bond donors (Lipinski definition) is 2. The van der Waals surface area contributed by atoms with Crippen molar-refractivity contribution in [3.63, 3.8) is 0 Å². The van der Waals surface area contributed by atoms with Crippen molar-refractivity contribution in [2.45, 2.75) is 31.5 Å². The summed E-state index contributed by atoms with van der Waals surface area (Å²) in [6, 6.07) is 2.98. The van der Waals surface area contributed by atoms with Gasteiger partial charge >= 0.3 is 5.97 Å². The molecule has 3 rings (SSSR count). The molecule has 1 aliphatic heterocycles. The van der Waals surface area contributed by atoms with Crippen LogP contribution < -0.4 is 15.2 Å². The first kappa shape index (κ1) is 10.3. The Balaban J connectivity index is 2.00. The van der Waals surface area contributed by atoms with Crippen LogP contribution in [0.15, 0.2) is 12.1 Å². The van der Waals surface area contributed by atoms with Crippen molar-refractivity contribution in [3.8, 4) is 11.5 Å². The number of carboxylic acids is 1. The summed E-state index contributed by atoms with van der Waals surface area (Å²) in [6.45, 7) is 0. The zero-order valence-electron chi connectivity index (χ0n) is 9.23. The molecule has 0 radical (unpaired) electrons. The zero-order valence-corrected chi connectivity index (χ0v) is 9.23. The fourth-order valence-electron chi connectivity index (χ4n) is 2.46. The van der Waals surface area contributed by atoms with Crippen molar-refractivity contribution in [1.29, 1.82) is 0 Å². The highest BCUT2D eigenvalue weighted by Gasteiger charge is 2.44. The number of rotatable bonds is 1. The molecule has 17 heavy (non-hydrogen) atoms. The monoisotopic (exact) mass is 235 g/mol. The highest BCUT2D eigenvalue weighted by Crippen LogP contribution is 2.47. The van der Waals surface area contributed by atoms with Crippen molar-refractivity contribution in [3.05, 3.63) is 17.7 Å². The quantitative estimate of drug-likeness (QED) is 0.727. The van der Waals surface area contributed by atoms with Gasteiger partial charge in [0, 0.05) is 25.0 Å². The number of ether oxygens (including phenoxy) is 2. The van der Waals surface area contributed by atoms with E-state index in [1.54, 1.807) is 0 Å². The second kappa shape index (κ2) is 3.29. The summed E-state index contributed by atoms with van der Waals surface area (Å²) in [5.41, 5.74) is 5.93. The Labute approximate surface area is 98.1 Å². The maximum absolute atomic E-state index is 11.0. The molecule has 0 atom stereocenters. The number of nitrogens with two attached hydrogens (primary N) is 1. The van der Waals surface area contributed by atoms with Gasteiger partial charge in [-0.3, -0.25) is 0 Å². The lowest BCUT2D eigenvalue weighted by Gasteiger charge is -2.21. The number of nitrogen functional groups attached to an aromatic ring is 1. The van der Waals surface area contributed by atoms with Crippen LogP contribution in [-0.2, 0) is 0 Å². The van der Waals surface area contributed by atoms with Crippen molar-refractivity contribution in [1.82, 2.24) is 0 Å². The number of hydrogen-bond acceptors (Lipinski definition) is 4. The molecule has 90 valence electrons. The molecule has 0 amide bonds. The van der Waals surface area contributed by atoms with Gasteiger partial charge < -0.3 is 20.3 Å². The standard InChI is InChI=1S/C12H13NO4/c13-8-6-10-9(5-7(8)11(14)15)16-12(17-10)3-1-2-4-12/h5-6H,1-4,13H2,(H,14,15). The lowest BCUT2D eigenvalue weighted by Crippen LogP contribution is -2.34. The number of aromatic carboxylic acids is 1. The van der Waals surface area contributed by atoms with Crippen LogP contribution in [0.4, 0.5) is 5.69 Å². The molecule has 1 spiro atoms. The second-order valence-electron chi connectivity index (χ2n) is 4.51. The van der Waals surface area contributed by atoms with Gasteiger partial charge in [0.05, 0.1) is 11.3 Å². The number of benzene rings is 1. The number of carbonyl (C=O) groups is 1. The molecule has 5 nitrogen and oxygen atoms in total. The minimum absolute atomic E-state index is 0.0578. The van der Waals surface area contributed by atoms with Crippen LogP contribution in [-0.4, -0.2) is 16.9 Å². The molecule has 0 saturated heterocycles. The molecule has 0 unspecified atom stereocenters. The third-order valence-corrected chi connectivity index (χ3v) is 3.30. The molecule has 0 aromatic heterocycles. The molecule has 2 aliphatic rings. The third kappa shape index (κ3) is 1.50. The Morgan fingerprint density at radius 1 is 1.24 bits per heavy atom. The second-order valence-corrected chi connectivity index (χ2v) is 4.51. The lowest BCUT2D eigenvalue weighted by atomic mass is 10.1. The predicted octanol–water partition coefficient (Wildman–Crippen LogP) is 2.01. The van der Waals surface area contributed by atoms with Crippen molar-refractivity contribution >= 4 is 11.7 Å². The van der Waals surface area contributed by atoms with E-state index in [2.05, 4.69) is 0 Å². The topological polar surface area (TPSA) is 81.8 Å². The summed E-state index contributed by atoms with van der Waals surface area (Å²) in [6.07, 6.45) is 3.80. The summed E-state index contributed by atoms with van der Waals surface area (Å²) in [7, 11) is 0. The Kier molecular flexibility index (Phi) is 1.98. The number of carboxylic acid groups (broad SMARTS) is 1. The molecule has 3 N–H and O–H groups in total. The Morgan fingerprint density at radius 3 is 2.41 bits per heavy atom. The minimum atomic E-state index is -1.05. The van der Waals surface area contributed by atoms with Gasteiger partial charge in [-0.05, 0) is 12.8 Å². The molecule has 5 heteroatoms. The molecular weight excluding hydrogens is 222 g/mol. The summed E-state index contributed by atoms with van der Waals surface area (Å²) in [5.74, 6) is -0.597. The molecule has 1 aliphatic carbocycles. The first-order valence-electron chi connectivity index (χ1n) is 5.64. The minimum Gasteiger partial charge on any atom is -0.478 e. The third-order valence-electron chi connectivity index (χ3n) is 3.30. The van der Waals surface area contributed by atoms with Gasteiger partial charge in [-0.1, -0.05) is 0 Å². The first-order chi connectivity index (χ1) is 8.10. The fourth-order valence-corrected chi connectivity index (χ4v) is 2.46. The van der Waals surface area contributed by atoms with Gasteiger partial charge in [0.1, 0.15) is 0 Å². The molecule has 0 bridgehead atoms. The van der Waals surface area contributed by atoms with Gasteiger partial charge in [0.2, 0.25) is 0 Å². The van der Waals surface area contributed by atoms with E-state index in [1.165, 1.54) is 12.1 Å². The van der Waals surface area contributed by atoms with E-state index < -0.39 is 11.8 Å². The van der Waals surface area contributed by atoms with Crippen LogP contribution >= 0.6 is 0 Å². The zero-order chi connectivity index (χ0) is 12.0. The normalized spacial score (nSPS) is 19.8. The summed E-state index contributed by atoms with van der Waals surface area (Å²) in [5, 5.41) is 8.98. The van der Waals surface area contributed by atoms with Gasteiger partial charge in [0.25, 0.3) is 5.79 Å². The van der Waals surface area contributed by atoms with Crippen molar-refractivity contribution < 1.29 is 19.4 Å². The van der Waals surface area contributed by atoms with Gasteiger partial charge in [0.15, 0.2) is 11.5 Å². The fraction of sp³-hybridized carbons (Fsp3) is 0.417. The summed E-state index contributed by atoms with van der Waals surface area (Å²) >= 11 is 0. The maximum atomic E-state index is 11.0. The number of anilines is 1. The molecule has 1 fully saturated rings. The summed E-state index contributed by atoms with van der Waals surface area (Å²) in [4.78, 5) is 11.0. The average Bonchev–Trinajstić information content (AvgIpc) is 2.84. The van der Waals surface area contributed by atoms with Gasteiger partial charge in [-0.15, -0.1) is 0 Å². The van der Waals surface area contributed by atoms with E-state index in [0.29, 0.717) is 11.5 Å². The maximum Gasteiger partial charge on any atom is 0.337 e. The van der Waals surface area contributed by atoms with Crippen molar-refractivity contribution in [2.24, 2.45) is 0 Å². The highest BCUT2D eigenvalue weighted by molar-refractivity contribution is 5.94. The van der Waals surface area contributed by atoms with E-state index in [9.17, 15) is 4.79 Å². The highest BCUT2D eigenvalue weighted by atomic mass is 16.7. The molecule has 1 aromatic rings. The molecule has 1 aromatic carbocycles. The smallest absolute Gasteiger partial charge is 0.337 e. The predicted molar refractivity (Wildman–Crippen MR) is 60.3 cm³/mol. The van der Waals surface area contributed by atoms with E-state index >= 15 is 0 Å². The SMILES string of the molecule is Nc1cc2c(cc1C(=O)O)OC1(CCCC1)O2. The molecule has 1 heterocycles. The van der Waals surface area contributed by atoms with Gasteiger partial charge in [-0.25, -0.2) is 4.79 Å². The average molecular weight is 235 g/mol. The summed E-state index contributed by atoms with van der Waals surface area (Å²) < 4.78 is 11.5. The first-order valence-corrected chi connectivity index (χ1v) is 5.64. The van der Waals surface area contributed by atoms with Crippen LogP contribution in [0.3, 0.4) is 0 Å². The largest absolute Gasteiger partial charge is 0.478 e. The molecular formula is C12H13NO4. The van der Waals surface area contributed by atoms with E-state index in [4.69, 9.17) is 20.3 Å². The van der Waals surface area contributed by atoms with E-state index in [1.807, 2.05) is 0 Å². The number of fused-ring (bicyclic) bond motifs is 1. The van der Waals surface area contributed by atoms with Crippen LogP contribution in [0.5, 0.6) is 11.5 Å². The van der Waals surface area contributed by atoms with Crippen LogP contribution in [0.25, 0.3) is 0 Å². The molecule has 1 saturated carbocycles. The van der Waals surface area contributed by atoms with Crippen LogP contribution in [0.1, 0.15) is 36.0 Å². The van der Waals surface area contributed by atoms with E-state index in [-0.39, 0.29) is 11.3 Å².